The van der Waals surface area contributed by atoms with Gasteiger partial charge in [-0.2, -0.15) is 0 Å². The number of benzene rings is 2. The maximum atomic E-state index is 9.31. The van der Waals surface area contributed by atoms with E-state index in [1.807, 2.05) is 36.4 Å². The van der Waals surface area contributed by atoms with Gasteiger partial charge in [0.05, 0.1) is 0 Å². The fourth-order valence-corrected chi connectivity index (χ4v) is 13.8. The van der Waals surface area contributed by atoms with E-state index in [0.29, 0.717) is 0 Å². The maximum absolute atomic E-state index is 9.31. The van der Waals surface area contributed by atoms with Gasteiger partial charge >= 0.3 is 124 Å². The van der Waals surface area contributed by atoms with Crippen molar-refractivity contribution in [1.82, 2.24) is 0 Å². The van der Waals surface area contributed by atoms with Crippen LogP contribution in [0, 0.1) is 0 Å². The topological polar surface area (TPSA) is 40.5 Å². The quantitative estimate of drug-likeness (QED) is 0.603. The van der Waals surface area contributed by atoms with Gasteiger partial charge in [-0.3, -0.25) is 0 Å². The van der Waals surface area contributed by atoms with Crippen molar-refractivity contribution in [2.45, 2.75) is 13.2 Å². The molecule has 0 bridgehead atoms. The Morgan fingerprint density at radius 2 is 1.06 bits per heavy atom. The van der Waals surface area contributed by atoms with Crippen LogP contribution in [0.1, 0.15) is 11.1 Å². The van der Waals surface area contributed by atoms with Crippen LogP contribution in [-0.2, 0) is 13.2 Å². The molecule has 18 heavy (non-hydrogen) atoms. The van der Waals surface area contributed by atoms with Crippen molar-refractivity contribution in [3.05, 3.63) is 59.7 Å². The predicted octanol–water partition coefficient (Wildman–Crippen LogP) is -0.0546. The molecule has 0 saturated heterocycles. The predicted molar refractivity (Wildman–Crippen MR) is 75.5 cm³/mol. The van der Waals surface area contributed by atoms with E-state index in [4.69, 9.17) is 0 Å². The Balaban J connectivity index is 2.11. The first-order valence-electron chi connectivity index (χ1n) is 5.57. The van der Waals surface area contributed by atoms with Gasteiger partial charge in [-0.15, -0.1) is 0 Å². The summed E-state index contributed by atoms with van der Waals surface area (Å²) >= 11 is -0.472. The molecule has 0 amide bonds. The second-order valence-corrected chi connectivity index (χ2v) is 13.5. The van der Waals surface area contributed by atoms with Crippen molar-refractivity contribution in [2.24, 2.45) is 0 Å². The van der Waals surface area contributed by atoms with Crippen LogP contribution in [0.15, 0.2) is 48.5 Å². The second kappa shape index (κ2) is 7.51. The van der Waals surface area contributed by atoms with E-state index in [9.17, 15) is 10.2 Å². The monoisotopic (exact) mass is 474 g/mol. The van der Waals surface area contributed by atoms with E-state index in [0.717, 1.165) is 11.1 Å². The van der Waals surface area contributed by atoms with Crippen molar-refractivity contribution < 1.29 is 10.2 Å². The van der Waals surface area contributed by atoms with Gasteiger partial charge < -0.3 is 0 Å². The zero-order valence-corrected chi connectivity index (χ0v) is 14.4. The van der Waals surface area contributed by atoms with Crippen LogP contribution < -0.4 is 7.22 Å². The molecule has 0 saturated carbocycles. The standard InChI is InChI=1S/C14H14O2Te2/c15-9-11-5-1-3-7-13(11)17-18-14-8-4-2-6-12(14)10-16/h1-8,15-16H,9-10H2. The number of hydrogen-bond donors (Lipinski definition) is 2. The molecule has 0 aliphatic heterocycles. The van der Waals surface area contributed by atoms with Crippen LogP contribution in [0.3, 0.4) is 0 Å². The van der Waals surface area contributed by atoms with Crippen molar-refractivity contribution in [2.75, 3.05) is 0 Å². The molecule has 0 atom stereocenters. The SMILES string of the molecule is OCc1ccccc1[Te][Te]c1ccccc1CO. The van der Waals surface area contributed by atoms with E-state index >= 15 is 0 Å². The number of aliphatic hydroxyl groups is 2. The molecule has 0 radical (unpaired) electrons. The summed E-state index contributed by atoms with van der Waals surface area (Å²) in [5, 5.41) is 18.6. The molecule has 0 spiro atoms. The number of aliphatic hydroxyl groups excluding tert-OH is 2. The summed E-state index contributed by atoms with van der Waals surface area (Å²) in [6, 6.07) is 16.3. The van der Waals surface area contributed by atoms with Crippen LogP contribution in [0.5, 0.6) is 0 Å². The van der Waals surface area contributed by atoms with Crippen molar-refractivity contribution >= 4 is 41.3 Å². The number of rotatable bonds is 5. The summed E-state index contributed by atoms with van der Waals surface area (Å²) in [5.74, 6) is 0. The summed E-state index contributed by atoms with van der Waals surface area (Å²) in [6.45, 7) is 0.269. The van der Waals surface area contributed by atoms with Crippen LogP contribution in [0.2, 0.25) is 0 Å². The Morgan fingerprint density at radius 1 is 0.667 bits per heavy atom. The zero-order valence-electron chi connectivity index (χ0n) is 9.74. The molecular weight excluding hydrogens is 455 g/mol. The molecule has 0 aromatic heterocycles. The van der Waals surface area contributed by atoms with Crippen molar-refractivity contribution in [3.63, 3.8) is 0 Å². The Hall–Kier alpha value is -0.0608. The van der Waals surface area contributed by atoms with E-state index in [-0.39, 0.29) is 47.3 Å². The van der Waals surface area contributed by atoms with Crippen molar-refractivity contribution in [1.29, 1.82) is 0 Å². The van der Waals surface area contributed by atoms with Gasteiger partial charge in [0, 0.05) is 0 Å². The summed E-state index contributed by atoms with van der Waals surface area (Å²) < 4.78 is 2.72. The molecule has 94 valence electrons. The molecule has 4 heteroatoms. The van der Waals surface area contributed by atoms with E-state index in [2.05, 4.69) is 12.1 Å². The summed E-state index contributed by atoms with van der Waals surface area (Å²) in [4.78, 5) is 0. The zero-order chi connectivity index (χ0) is 12.8. The first-order chi connectivity index (χ1) is 8.85. The third-order valence-electron chi connectivity index (χ3n) is 2.51. The fourth-order valence-electron chi connectivity index (χ4n) is 1.52. The number of hydrogen-bond acceptors (Lipinski definition) is 2. The van der Waals surface area contributed by atoms with Gasteiger partial charge in [0.1, 0.15) is 0 Å². The molecule has 0 aliphatic rings. The first kappa shape index (κ1) is 14.4. The van der Waals surface area contributed by atoms with Crippen LogP contribution in [0.25, 0.3) is 0 Å². The van der Waals surface area contributed by atoms with Gasteiger partial charge in [0.25, 0.3) is 0 Å². The molecule has 0 aliphatic carbocycles. The Labute approximate surface area is 123 Å². The Bertz CT molecular complexity index is 467. The van der Waals surface area contributed by atoms with Crippen LogP contribution in [-0.4, -0.2) is 44.3 Å². The fraction of sp³-hybridized carbons (Fsp3) is 0.143. The van der Waals surface area contributed by atoms with Crippen molar-refractivity contribution in [3.8, 4) is 0 Å². The third-order valence-corrected chi connectivity index (χ3v) is 14.5. The van der Waals surface area contributed by atoms with Crippen LogP contribution in [0.4, 0.5) is 0 Å². The normalized spacial score (nSPS) is 10.6. The van der Waals surface area contributed by atoms with E-state index < -0.39 is 0 Å². The van der Waals surface area contributed by atoms with Gasteiger partial charge in [-0.1, -0.05) is 0 Å². The molecule has 0 fully saturated rings. The summed E-state index contributed by atoms with van der Waals surface area (Å²) in [5.41, 5.74) is 2.15. The summed E-state index contributed by atoms with van der Waals surface area (Å²) in [6.07, 6.45) is 0. The van der Waals surface area contributed by atoms with Crippen LogP contribution >= 0.6 is 0 Å². The Kier molecular flexibility index (Phi) is 5.99. The summed E-state index contributed by atoms with van der Waals surface area (Å²) in [7, 11) is 0. The van der Waals surface area contributed by atoms with E-state index in [1.165, 1.54) is 7.22 Å². The first-order valence-corrected chi connectivity index (χ1v) is 15.2. The second-order valence-electron chi connectivity index (χ2n) is 3.70. The molecule has 2 aromatic rings. The average Bonchev–Trinajstić information content (AvgIpc) is 2.45. The molecule has 2 N–H and O–H groups in total. The average molecular weight is 469 g/mol. The van der Waals surface area contributed by atoms with Gasteiger partial charge in [0.15, 0.2) is 0 Å². The molecule has 2 nitrogen and oxygen atoms in total. The van der Waals surface area contributed by atoms with Gasteiger partial charge in [0.2, 0.25) is 0 Å². The molecule has 0 unspecified atom stereocenters. The minimum absolute atomic E-state index is 0.134. The molecular formula is C14H14O2Te2. The molecule has 0 heterocycles. The Morgan fingerprint density at radius 3 is 1.44 bits per heavy atom. The van der Waals surface area contributed by atoms with Gasteiger partial charge in [-0.05, 0) is 0 Å². The molecule has 2 aromatic carbocycles. The van der Waals surface area contributed by atoms with E-state index in [1.54, 1.807) is 0 Å². The molecule has 2 rings (SSSR count). The minimum atomic E-state index is -0.236. The van der Waals surface area contributed by atoms with Gasteiger partial charge in [-0.25, -0.2) is 0 Å². The third kappa shape index (κ3) is 3.72.